The number of carboxylic acid groups (broad SMARTS) is 1. The number of hydrogen-bond donors (Lipinski definition) is 2. The first-order valence-corrected chi connectivity index (χ1v) is 7.72. The van der Waals surface area contributed by atoms with Gasteiger partial charge in [-0.1, -0.05) is 20.8 Å². The van der Waals surface area contributed by atoms with Crippen LogP contribution in [-0.2, 0) is 14.3 Å². The minimum Gasteiger partial charge on any atom is -0.481 e. The lowest BCUT2D eigenvalue weighted by Crippen LogP contribution is -2.53. The highest BCUT2D eigenvalue weighted by atomic mass is 16.5. The SMILES string of the molecule is CCN(C(C)C(=O)NCCC(C)C)C1COCC1C(=O)O. The van der Waals surface area contributed by atoms with Crippen LogP contribution in [0.2, 0.25) is 0 Å². The van der Waals surface area contributed by atoms with Gasteiger partial charge in [0.1, 0.15) is 0 Å². The Morgan fingerprint density at radius 3 is 2.52 bits per heavy atom. The maximum Gasteiger partial charge on any atom is 0.310 e. The molecule has 0 spiro atoms. The average molecular weight is 300 g/mol. The number of ether oxygens (including phenoxy) is 1. The molecule has 2 N–H and O–H groups in total. The van der Waals surface area contributed by atoms with E-state index in [2.05, 4.69) is 19.2 Å². The largest absolute Gasteiger partial charge is 0.481 e. The van der Waals surface area contributed by atoms with Crippen molar-refractivity contribution < 1.29 is 19.4 Å². The Hall–Kier alpha value is -1.14. The second kappa shape index (κ2) is 8.34. The number of carboxylic acids is 1. The highest BCUT2D eigenvalue weighted by molar-refractivity contribution is 5.81. The Morgan fingerprint density at radius 1 is 1.33 bits per heavy atom. The van der Waals surface area contributed by atoms with Gasteiger partial charge in [-0.25, -0.2) is 0 Å². The molecule has 0 saturated carbocycles. The highest BCUT2D eigenvalue weighted by Gasteiger charge is 2.40. The van der Waals surface area contributed by atoms with E-state index in [-0.39, 0.29) is 24.6 Å². The first-order chi connectivity index (χ1) is 9.88. The van der Waals surface area contributed by atoms with E-state index in [1.165, 1.54) is 0 Å². The molecule has 0 aliphatic carbocycles. The summed E-state index contributed by atoms with van der Waals surface area (Å²) in [6, 6.07) is -0.589. The number of aliphatic carboxylic acids is 1. The van der Waals surface area contributed by atoms with Crippen molar-refractivity contribution in [1.82, 2.24) is 10.2 Å². The van der Waals surface area contributed by atoms with Crippen LogP contribution in [0.15, 0.2) is 0 Å². The third-order valence-corrected chi connectivity index (χ3v) is 4.06. The summed E-state index contributed by atoms with van der Waals surface area (Å²) >= 11 is 0. The molecule has 1 amide bonds. The van der Waals surface area contributed by atoms with Gasteiger partial charge in [-0.2, -0.15) is 0 Å². The van der Waals surface area contributed by atoms with E-state index in [0.717, 1.165) is 6.42 Å². The Kier molecular flexibility index (Phi) is 7.11. The fourth-order valence-electron chi connectivity index (χ4n) is 2.68. The molecule has 1 aliphatic rings. The van der Waals surface area contributed by atoms with Crippen molar-refractivity contribution in [1.29, 1.82) is 0 Å². The molecular weight excluding hydrogens is 272 g/mol. The Bertz CT molecular complexity index is 360. The highest BCUT2D eigenvalue weighted by Crippen LogP contribution is 2.22. The van der Waals surface area contributed by atoms with Crippen LogP contribution < -0.4 is 5.32 Å². The Balaban J connectivity index is 2.61. The summed E-state index contributed by atoms with van der Waals surface area (Å²) in [5.41, 5.74) is 0. The van der Waals surface area contributed by atoms with Gasteiger partial charge in [-0.15, -0.1) is 0 Å². The number of carbonyl (C=O) groups is 2. The molecule has 0 aromatic rings. The van der Waals surface area contributed by atoms with Crippen LogP contribution in [0.25, 0.3) is 0 Å². The normalized spacial score (nSPS) is 23.5. The van der Waals surface area contributed by atoms with Crippen molar-refractivity contribution in [3.05, 3.63) is 0 Å². The van der Waals surface area contributed by atoms with Gasteiger partial charge >= 0.3 is 5.97 Å². The standard InChI is InChI=1S/C15H28N2O4/c1-5-17(13-9-21-8-12(13)15(19)20)11(4)14(18)16-7-6-10(2)3/h10-13H,5-9H2,1-4H3,(H,16,18)(H,19,20). The minimum absolute atomic E-state index is 0.0476. The summed E-state index contributed by atoms with van der Waals surface area (Å²) < 4.78 is 5.30. The van der Waals surface area contributed by atoms with E-state index in [9.17, 15) is 14.7 Å². The maximum atomic E-state index is 12.2. The van der Waals surface area contributed by atoms with E-state index < -0.39 is 11.9 Å². The summed E-state index contributed by atoms with van der Waals surface area (Å²) in [4.78, 5) is 25.4. The molecule has 1 saturated heterocycles. The summed E-state index contributed by atoms with van der Waals surface area (Å²) in [6.07, 6.45) is 0.939. The molecule has 0 radical (unpaired) electrons. The zero-order valence-electron chi connectivity index (χ0n) is 13.5. The number of hydrogen-bond acceptors (Lipinski definition) is 4. The fourth-order valence-corrected chi connectivity index (χ4v) is 2.68. The predicted octanol–water partition coefficient (Wildman–Crippen LogP) is 0.959. The summed E-state index contributed by atoms with van der Waals surface area (Å²) in [5.74, 6) is -0.921. The second-order valence-electron chi connectivity index (χ2n) is 6.03. The molecule has 1 aliphatic heterocycles. The zero-order valence-corrected chi connectivity index (χ0v) is 13.5. The van der Waals surface area contributed by atoms with E-state index in [1.807, 2.05) is 18.7 Å². The lowest BCUT2D eigenvalue weighted by Gasteiger charge is -2.33. The van der Waals surface area contributed by atoms with Gasteiger partial charge in [0.15, 0.2) is 0 Å². The Morgan fingerprint density at radius 2 is 2.00 bits per heavy atom. The van der Waals surface area contributed by atoms with Crippen LogP contribution in [0.5, 0.6) is 0 Å². The first kappa shape index (κ1) is 17.9. The zero-order chi connectivity index (χ0) is 16.0. The van der Waals surface area contributed by atoms with Crippen LogP contribution in [0.1, 0.15) is 34.1 Å². The van der Waals surface area contributed by atoms with Crippen LogP contribution in [-0.4, -0.2) is 60.3 Å². The molecule has 122 valence electrons. The van der Waals surface area contributed by atoms with E-state index in [0.29, 0.717) is 25.6 Å². The quantitative estimate of drug-likeness (QED) is 0.698. The molecule has 1 heterocycles. The molecule has 3 atom stereocenters. The number of likely N-dealkylation sites (N-methyl/N-ethyl adjacent to an activating group) is 1. The molecule has 1 fully saturated rings. The van der Waals surface area contributed by atoms with Crippen LogP contribution in [0.4, 0.5) is 0 Å². The average Bonchev–Trinajstić information content (AvgIpc) is 2.88. The van der Waals surface area contributed by atoms with Gasteiger partial charge in [-0.05, 0) is 25.8 Å². The second-order valence-corrected chi connectivity index (χ2v) is 6.03. The van der Waals surface area contributed by atoms with E-state index in [4.69, 9.17) is 4.74 Å². The summed E-state index contributed by atoms with van der Waals surface area (Å²) in [6.45, 7) is 9.86. The number of nitrogens with zero attached hydrogens (tertiary/aromatic N) is 1. The number of nitrogens with one attached hydrogen (secondary N) is 1. The monoisotopic (exact) mass is 300 g/mol. The third-order valence-electron chi connectivity index (χ3n) is 4.06. The van der Waals surface area contributed by atoms with E-state index in [1.54, 1.807) is 0 Å². The Labute approximate surface area is 126 Å². The molecule has 0 bridgehead atoms. The van der Waals surface area contributed by atoms with E-state index >= 15 is 0 Å². The third kappa shape index (κ3) is 4.97. The van der Waals surface area contributed by atoms with Gasteiger partial charge in [-0.3, -0.25) is 14.5 Å². The maximum absolute atomic E-state index is 12.2. The molecule has 0 aromatic heterocycles. The number of rotatable bonds is 8. The van der Waals surface area contributed by atoms with Crippen molar-refractivity contribution in [2.45, 2.75) is 46.2 Å². The van der Waals surface area contributed by atoms with Gasteiger partial charge in [0.25, 0.3) is 0 Å². The van der Waals surface area contributed by atoms with Crippen LogP contribution in [0.3, 0.4) is 0 Å². The lowest BCUT2D eigenvalue weighted by molar-refractivity contribution is -0.144. The summed E-state index contributed by atoms with van der Waals surface area (Å²) in [7, 11) is 0. The molecule has 6 nitrogen and oxygen atoms in total. The summed E-state index contributed by atoms with van der Waals surface area (Å²) in [5, 5.41) is 12.2. The topological polar surface area (TPSA) is 78.9 Å². The minimum atomic E-state index is -0.858. The number of carbonyl (C=O) groups excluding carboxylic acids is 1. The molecular formula is C15H28N2O4. The number of amides is 1. The smallest absolute Gasteiger partial charge is 0.310 e. The first-order valence-electron chi connectivity index (χ1n) is 7.72. The molecule has 21 heavy (non-hydrogen) atoms. The molecule has 3 unspecified atom stereocenters. The van der Waals surface area contributed by atoms with Crippen molar-refractivity contribution in [3.8, 4) is 0 Å². The van der Waals surface area contributed by atoms with Gasteiger partial charge in [0, 0.05) is 12.6 Å². The molecule has 1 rings (SSSR count). The van der Waals surface area contributed by atoms with Crippen molar-refractivity contribution in [3.63, 3.8) is 0 Å². The molecule has 0 aromatic carbocycles. The van der Waals surface area contributed by atoms with Gasteiger partial charge < -0.3 is 15.2 Å². The van der Waals surface area contributed by atoms with Crippen molar-refractivity contribution in [2.75, 3.05) is 26.3 Å². The van der Waals surface area contributed by atoms with Crippen LogP contribution in [0, 0.1) is 11.8 Å². The predicted molar refractivity (Wildman–Crippen MR) is 80.0 cm³/mol. The fraction of sp³-hybridized carbons (Fsp3) is 0.867. The van der Waals surface area contributed by atoms with Gasteiger partial charge in [0.05, 0.1) is 25.2 Å². The molecule has 6 heteroatoms. The van der Waals surface area contributed by atoms with Crippen LogP contribution >= 0.6 is 0 Å². The van der Waals surface area contributed by atoms with Gasteiger partial charge in [0.2, 0.25) is 5.91 Å². The van der Waals surface area contributed by atoms with Crippen molar-refractivity contribution >= 4 is 11.9 Å². The van der Waals surface area contributed by atoms with Crippen molar-refractivity contribution in [2.24, 2.45) is 11.8 Å². The lowest BCUT2D eigenvalue weighted by atomic mass is 10.0.